The van der Waals surface area contributed by atoms with Crippen molar-refractivity contribution in [2.75, 3.05) is 11.9 Å². The highest BCUT2D eigenvalue weighted by molar-refractivity contribution is 5.99. The highest BCUT2D eigenvalue weighted by atomic mass is 16.6. The monoisotopic (exact) mass is 368 g/mol. The molecule has 3 rings (SSSR count). The maximum absolute atomic E-state index is 12.4. The van der Waals surface area contributed by atoms with Crippen LogP contribution in [0, 0.1) is 24.0 Å². The zero-order valence-corrected chi connectivity index (χ0v) is 15.3. The standard InChI is InChI=1S/C18H20N6O3/c1-4-7-19-18(25)14-9-23-16(12(14)3)17(20-10-21-23)22-15-8-13(24(26)27)6-5-11(15)2/h5-6,8-10H,4,7H2,1-3H3,(H,19,25)(H,20,21,22). The first-order chi connectivity index (χ1) is 12.9. The number of nitrogens with one attached hydrogen (secondary N) is 2. The van der Waals surface area contributed by atoms with Crippen LogP contribution in [0.15, 0.2) is 30.7 Å². The number of benzene rings is 1. The molecule has 0 bridgehead atoms. The highest BCUT2D eigenvalue weighted by Gasteiger charge is 2.18. The molecule has 0 aliphatic heterocycles. The summed E-state index contributed by atoms with van der Waals surface area (Å²) in [6, 6.07) is 4.59. The van der Waals surface area contributed by atoms with E-state index >= 15 is 0 Å². The molecule has 0 atom stereocenters. The molecule has 2 aromatic heterocycles. The van der Waals surface area contributed by atoms with Gasteiger partial charge in [0.2, 0.25) is 0 Å². The molecule has 0 unspecified atom stereocenters. The molecular weight excluding hydrogens is 348 g/mol. The van der Waals surface area contributed by atoms with Crippen LogP contribution in [0.1, 0.15) is 34.8 Å². The van der Waals surface area contributed by atoms with Crippen molar-refractivity contribution in [2.45, 2.75) is 27.2 Å². The van der Waals surface area contributed by atoms with Gasteiger partial charge in [0, 0.05) is 30.6 Å². The minimum absolute atomic E-state index is 0.0140. The average molecular weight is 368 g/mol. The van der Waals surface area contributed by atoms with Gasteiger partial charge in [0.1, 0.15) is 11.8 Å². The zero-order chi connectivity index (χ0) is 19.6. The Morgan fingerprint density at radius 2 is 2.11 bits per heavy atom. The highest BCUT2D eigenvalue weighted by Crippen LogP contribution is 2.28. The lowest BCUT2D eigenvalue weighted by Gasteiger charge is -2.10. The molecule has 9 heteroatoms. The van der Waals surface area contributed by atoms with E-state index in [1.54, 1.807) is 16.8 Å². The Morgan fingerprint density at radius 3 is 2.81 bits per heavy atom. The summed E-state index contributed by atoms with van der Waals surface area (Å²) >= 11 is 0. The largest absolute Gasteiger partial charge is 0.352 e. The number of nitro groups is 1. The summed E-state index contributed by atoms with van der Waals surface area (Å²) in [4.78, 5) is 27.2. The van der Waals surface area contributed by atoms with E-state index in [2.05, 4.69) is 20.7 Å². The number of aryl methyl sites for hydroxylation is 2. The second kappa shape index (κ2) is 7.40. The summed E-state index contributed by atoms with van der Waals surface area (Å²) in [6.07, 6.45) is 3.87. The fraction of sp³-hybridized carbons (Fsp3) is 0.278. The minimum Gasteiger partial charge on any atom is -0.352 e. The van der Waals surface area contributed by atoms with E-state index in [1.165, 1.54) is 18.5 Å². The lowest BCUT2D eigenvalue weighted by Crippen LogP contribution is -2.24. The second-order valence-electron chi connectivity index (χ2n) is 6.21. The fourth-order valence-electron chi connectivity index (χ4n) is 2.80. The van der Waals surface area contributed by atoms with Crippen molar-refractivity contribution in [3.05, 3.63) is 57.5 Å². The van der Waals surface area contributed by atoms with Gasteiger partial charge in [0.25, 0.3) is 11.6 Å². The number of fused-ring (bicyclic) bond motifs is 1. The molecular formula is C18H20N6O3. The van der Waals surface area contributed by atoms with Crippen molar-refractivity contribution >= 4 is 28.6 Å². The first-order valence-corrected chi connectivity index (χ1v) is 8.55. The number of rotatable bonds is 6. The molecule has 0 fully saturated rings. The van der Waals surface area contributed by atoms with Gasteiger partial charge in [-0.2, -0.15) is 5.10 Å². The van der Waals surface area contributed by atoms with Gasteiger partial charge in [0.05, 0.1) is 10.5 Å². The molecule has 9 nitrogen and oxygen atoms in total. The van der Waals surface area contributed by atoms with Crippen LogP contribution in [-0.4, -0.2) is 32.0 Å². The molecule has 0 saturated heterocycles. The summed E-state index contributed by atoms with van der Waals surface area (Å²) in [5.41, 5.74) is 3.28. The topological polar surface area (TPSA) is 114 Å². The van der Waals surface area contributed by atoms with Crippen LogP contribution in [0.3, 0.4) is 0 Å². The molecule has 140 valence electrons. The summed E-state index contributed by atoms with van der Waals surface area (Å²) in [5, 5.41) is 21.2. The van der Waals surface area contributed by atoms with Crippen LogP contribution in [0.2, 0.25) is 0 Å². The van der Waals surface area contributed by atoms with Crippen LogP contribution < -0.4 is 10.6 Å². The number of anilines is 2. The van der Waals surface area contributed by atoms with Gasteiger partial charge in [-0.3, -0.25) is 14.9 Å². The van der Waals surface area contributed by atoms with Crippen molar-refractivity contribution < 1.29 is 9.72 Å². The average Bonchev–Trinajstić information content (AvgIpc) is 2.99. The van der Waals surface area contributed by atoms with Crippen LogP contribution in [-0.2, 0) is 0 Å². The molecule has 0 aliphatic rings. The van der Waals surface area contributed by atoms with Gasteiger partial charge < -0.3 is 10.6 Å². The van der Waals surface area contributed by atoms with Gasteiger partial charge in [-0.25, -0.2) is 9.50 Å². The van der Waals surface area contributed by atoms with Crippen molar-refractivity contribution in [1.29, 1.82) is 0 Å². The maximum Gasteiger partial charge on any atom is 0.271 e. The smallest absolute Gasteiger partial charge is 0.271 e. The molecule has 0 radical (unpaired) electrons. The Labute approximate surface area is 155 Å². The van der Waals surface area contributed by atoms with Crippen LogP contribution in [0.5, 0.6) is 0 Å². The number of non-ortho nitro benzene ring substituents is 1. The number of carbonyl (C=O) groups is 1. The Balaban J connectivity index is 2.03. The van der Waals surface area contributed by atoms with E-state index in [0.29, 0.717) is 29.1 Å². The Kier molecular flexibility index (Phi) is 5.02. The molecule has 3 aromatic rings. The number of amides is 1. The van der Waals surface area contributed by atoms with E-state index in [9.17, 15) is 14.9 Å². The van der Waals surface area contributed by atoms with Gasteiger partial charge >= 0.3 is 0 Å². The Hall–Kier alpha value is -3.49. The lowest BCUT2D eigenvalue weighted by molar-refractivity contribution is -0.384. The van der Waals surface area contributed by atoms with Crippen molar-refractivity contribution in [3.63, 3.8) is 0 Å². The molecule has 0 saturated carbocycles. The van der Waals surface area contributed by atoms with Crippen molar-refractivity contribution in [1.82, 2.24) is 19.9 Å². The lowest BCUT2D eigenvalue weighted by atomic mass is 10.1. The van der Waals surface area contributed by atoms with E-state index < -0.39 is 4.92 Å². The predicted octanol–water partition coefficient (Wildman–Crippen LogP) is 3.14. The third-order valence-electron chi connectivity index (χ3n) is 4.29. The molecule has 27 heavy (non-hydrogen) atoms. The summed E-state index contributed by atoms with van der Waals surface area (Å²) in [5.74, 6) is 0.304. The molecule has 1 aromatic carbocycles. The van der Waals surface area contributed by atoms with E-state index in [0.717, 1.165) is 17.5 Å². The number of carbonyl (C=O) groups excluding carboxylic acids is 1. The molecule has 1 amide bonds. The first-order valence-electron chi connectivity index (χ1n) is 8.55. The third-order valence-corrected chi connectivity index (χ3v) is 4.29. The fourth-order valence-corrected chi connectivity index (χ4v) is 2.80. The van der Waals surface area contributed by atoms with Gasteiger partial charge in [0.15, 0.2) is 5.82 Å². The number of aromatic nitrogens is 3. The molecule has 0 spiro atoms. The third kappa shape index (κ3) is 3.57. The van der Waals surface area contributed by atoms with Crippen LogP contribution >= 0.6 is 0 Å². The normalized spacial score (nSPS) is 10.8. The summed E-state index contributed by atoms with van der Waals surface area (Å²) in [6.45, 7) is 6.25. The number of nitrogens with zero attached hydrogens (tertiary/aromatic N) is 4. The zero-order valence-electron chi connectivity index (χ0n) is 15.3. The maximum atomic E-state index is 12.4. The van der Waals surface area contributed by atoms with Crippen molar-refractivity contribution in [2.24, 2.45) is 0 Å². The molecule has 2 N–H and O–H groups in total. The quantitative estimate of drug-likeness (QED) is 0.510. The van der Waals surface area contributed by atoms with Gasteiger partial charge in [-0.15, -0.1) is 0 Å². The van der Waals surface area contributed by atoms with Gasteiger partial charge in [-0.05, 0) is 31.4 Å². The summed E-state index contributed by atoms with van der Waals surface area (Å²) in [7, 11) is 0. The van der Waals surface area contributed by atoms with E-state index in [1.807, 2.05) is 20.8 Å². The molecule has 0 aliphatic carbocycles. The Bertz CT molecular complexity index is 1030. The van der Waals surface area contributed by atoms with E-state index in [4.69, 9.17) is 0 Å². The Morgan fingerprint density at radius 1 is 1.33 bits per heavy atom. The predicted molar refractivity (Wildman–Crippen MR) is 101 cm³/mol. The minimum atomic E-state index is -0.446. The van der Waals surface area contributed by atoms with Gasteiger partial charge in [-0.1, -0.05) is 13.0 Å². The number of hydrogen-bond acceptors (Lipinski definition) is 6. The SMILES string of the molecule is CCCNC(=O)c1cn2ncnc(Nc3cc([N+](=O)[O-])ccc3C)c2c1C. The summed E-state index contributed by atoms with van der Waals surface area (Å²) < 4.78 is 1.58. The first kappa shape index (κ1) is 18.3. The number of hydrogen-bond donors (Lipinski definition) is 2. The van der Waals surface area contributed by atoms with Crippen molar-refractivity contribution in [3.8, 4) is 0 Å². The molecule has 2 heterocycles. The van der Waals surface area contributed by atoms with Crippen LogP contribution in [0.4, 0.5) is 17.2 Å². The number of nitro benzene ring substituents is 1. The van der Waals surface area contributed by atoms with Crippen LogP contribution in [0.25, 0.3) is 5.52 Å². The second-order valence-corrected chi connectivity index (χ2v) is 6.21. The van der Waals surface area contributed by atoms with E-state index in [-0.39, 0.29) is 11.6 Å².